The molecule has 2 aliphatic rings. The van der Waals surface area contributed by atoms with Crippen LogP contribution in [0.3, 0.4) is 0 Å². The topological polar surface area (TPSA) is 86.1 Å². The summed E-state index contributed by atoms with van der Waals surface area (Å²) in [6.07, 6.45) is -2.51. The minimum absolute atomic E-state index is 0.0340. The normalized spacial score (nSPS) is 17.8. The number of nitriles is 1. The molecule has 3 aromatic rings. The molecular weight excluding hydrogens is 445 g/mol. The Labute approximate surface area is 194 Å². The number of anilines is 3. The first-order valence-corrected chi connectivity index (χ1v) is 10.9. The largest absolute Gasteiger partial charge is 0.421 e. The molecule has 7 nitrogen and oxygen atoms in total. The van der Waals surface area contributed by atoms with Crippen molar-refractivity contribution in [1.82, 2.24) is 15.3 Å². The highest BCUT2D eigenvalue weighted by atomic mass is 19.4. The Kier molecular flexibility index (Phi) is 5.81. The summed E-state index contributed by atoms with van der Waals surface area (Å²) in [5.74, 6) is -0.332. The fourth-order valence-electron chi connectivity index (χ4n) is 4.28. The summed E-state index contributed by atoms with van der Waals surface area (Å²) in [7, 11) is 0. The molecule has 1 unspecified atom stereocenters. The Hall–Kier alpha value is -3.68. The van der Waals surface area contributed by atoms with Crippen LogP contribution in [0, 0.1) is 11.3 Å². The average Bonchev–Trinajstić information content (AvgIpc) is 3.33. The minimum atomic E-state index is -4.67. The van der Waals surface area contributed by atoms with Crippen LogP contribution in [0.5, 0.6) is 0 Å². The van der Waals surface area contributed by atoms with Gasteiger partial charge in [-0.2, -0.15) is 23.4 Å². The number of hydroxylamine groups is 1. The van der Waals surface area contributed by atoms with Gasteiger partial charge in [0.2, 0.25) is 5.95 Å². The molecule has 174 valence electrons. The summed E-state index contributed by atoms with van der Waals surface area (Å²) in [6.45, 7) is 1.87. The Morgan fingerprint density at radius 1 is 1.18 bits per heavy atom. The lowest BCUT2D eigenvalue weighted by atomic mass is 10.0. The van der Waals surface area contributed by atoms with Gasteiger partial charge in [-0.15, -0.1) is 0 Å². The van der Waals surface area contributed by atoms with Crippen molar-refractivity contribution in [2.75, 3.05) is 23.5 Å². The third-order valence-electron chi connectivity index (χ3n) is 5.94. The molecule has 0 amide bonds. The van der Waals surface area contributed by atoms with Crippen molar-refractivity contribution in [3.8, 4) is 6.07 Å². The van der Waals surface area contributed by atoms with Crippen molar-refractivity contribution in [1.29, 1.82) is 5.26 Å². The average molecular weight is 466 g/mol. The molecule has 2 N–H and O–H groups in total. The van der Waals surface area contributed by atoms with E-state index in [4.69, 9.17) is 4.84 Å². The highest BCUT2D eigenvalue weighted by molar-refractivity contribution is 5.59. The molecule has 2 aromatic carbocycles. The molecule has 3 heterocycles. The van der Waals surface area contributed by atoms with Crippen LogP contribution in [-0.2, 0) is 24.0 Å². The molecule has 5 rings (SSSR count). The van der Waals surface area contributed by atoms with E-state index in [-0.39, 0.29) is 18.4 Å². The van der Waals surface area contributed by atoms with Crippen LogP contribution in [0.25, 0.3) is 0 Å². The first-order chi connectivity index (χ1) is 16.4. The molecule has 1 aromatic heterocycles. The Balaban J connectivity index is 1.50. The van der Waals surface area contributed by atoms with Gasteiger partial charge in [-0.1, -0.05) is 18.2 Å². The van der Waals surface area contributed by atoms with Crippen molar-refractivity contribution in [2.24, 2.45) is 0 Å². The van der Waals surface area contributed by atoms with Gasteiger partial charge in [0.05, 0.1) is 24.3 Å². The maximum absolute atomic E-state index is 13.9. The lowest BCUT2D eigenvalue weighted by molar-refractivity contribution is -0.138. The van der Waals surface area contributed by atoms with Gasteiger partial charge in [0.1, 0.15) is 5.56 Å². The first-order valence-electron chi connectivity index (χ1n) is 10.9. The van der Waals surface area contributed by atoms with Crippen LogP contribution in [0.4, 0.5) is 30.6 Å². The van der Waals surface area contributed by atoms with Crippen molar-refractivity contribution >= 4 is 17.5 Å². The molecule has 0 spiro atoms. The number of rotatable bonds is 4. The predicted molar refractivity (Wildman–Crippen MR) is 119 cm³/mol. The number of nitrogens with one attached hydrogen (secondary N) is 2. The van der Waals surface area contributed by atoms with Crippen LogP contribution >= 0.6 is 0 Å². The molecule has 0 bridgehead atoms. The van der Waals surface area contributed by atoms with E-state index in [2.05, 4.69) is 26.7 Å². The number of hydrogen-bond donors (Lipinski definition) is 2. The lowest BCUT2D eigenvalue weighted by Gasteiger charge is -2.26. The standard InChI is InChI=1S/C24H21F3N6O/c25-24(26,27)20-14-30-23(31-19-5-4-16-6-8-29-13-18(16)11-19)32-22(20)33-21(7-9-34-33)17-3-1-2-15(10-17)12-28/h1-5,10-11,14,21,29H,6-9,13H2,(H,30,31,32). The molecule has 0 radical (unpaired) electrons. The Morgan fingerprint density at radius 3 is 2.88 bits per heavy atom. The number of fused-ring (bicyclic) bond motifs is 1. The van der Waals surface area contributed by atoms with Gasteiger partial charge in [0, 0.05) is 24.8 Å². The van der Waals surface area contributed by atoms with E-state index in [0.29, 0.717) is 23.2 Å². The van der Waals surface area contributed by atoms with Gasteiger partial charge in [0.25, 0.3) is 0 Å². The molecule has 1 saturated heterocycles. The summed E-state index contributed by atoms with van der Waals surface area (Å²) >= 11 is 0. The zero-order valence-electron chi connectivity index (χ0n) is 18.1. The number of benzene rings is 2. The second-order valence-electron chi connectivity index (χ2n) is 8.16. The second kappa shape index (κ2) is 8.93. The highest BCUT2D eigenvalue weighted by Crippen LogP contribution is 2.41. The van der Waals surface area contributed by atoms with Gasteiger partial charge in [-0.25, -0.2) is 10.0 Å². The van der Waals surface area contributed by atoms with E-state index in [9.17, 15) is 18.4 Å². The second-order valence-corrected chi connectivity index (χ2v) is 8.16. The van der Waals surface area contributed by atoms with Gasteiger partial charge in [0.15, 0.2) is 5.82 Å². The highest BCUT2D eigenvalue weighted by Gasteiger charge is 2.40. The molecule has 1 atom stereocenters. The predicted octanol–water partition coefficient (Wildman–Crippen LogP) is 4.64. The van der Waals surface area contributed by atoms with E-state index < -0.39 is 17.8 Å². The monoisotopic (exact) mass is 466 g/mol. The van der Waals surface area contributed by atoms with Crippen LogP contribution < -0.4 is 15.7 Å². The molecular formula is C24H21F3N6O. The third-order valence-corrected chi connectivity index (χ3v) is 5.94. The molecule has 1 fully saturated rings. The molecule has 10 heteroatoms. The van der Waals surface area contributed by atoms with E-state index in [1.807, 2.05) is 18.2 Å². The van der Waals surface area contributed by atoms with Crippen LogP contribution in [0.1, 0.15) is 40.3 Å². The fourth-order valence-corrected chi connectivity index (χ4v) is 4.28. The number of alkyl halides is 3. The summed E-state index contributed by atoms with van der Waals surface area (Å²) < 4.78 is 41.6. The zero-order valence-corrected chi connectivity index (χ0v) is 18.1. The van der Waals surface area contributed by atoms with Crippen LogP contribution in [0.2, 0.25) is 0 Å². The number of hydrogen-bond acceptors (Lipinski definition) is 7. The summed E-state index contributed by atoms with van der Waals surface area (Å²) in [6, 6.07) is 14.1. The van der Waals surface area contributed by atoms with Crippen LogP contribution in [0.15, 0.2) is 48.7 Å². The number of aromatic nitrogens is 2. The summed E-state index contributed by atoms with van der Waals surface area (Å²) in [5.41, 5.74) is 3.17. The molecule has 0 aliphatic carbocycles. The quantitative estimate of drug-likeness (QED) is 0.579. The van der Waals surface area contributed by atoms with E-state index in [1.54, 1.807) is 24.3 Å². The molecule has 0 saturated carbocycles. The lowest BCUT2D eigenvalue weighted by Crippen LogP contribution is -2.26. The van der Waals surface area contributed by atoms with Crippen LogP contribution in [-0.4, -0.2) is 23.1 Å². The maximum Gasteiger partial charge on any atom is 0.421 e. The van der Waals surface area contributed by atoms with Crippen molar-refractivity contribution in [3.63, 3.8) is 0 Å². The number of nitrogens with zero attached hydrogens (tertiary/aromatic N) is 4. The SMILES string of the molecule is N#Cc1cccc(C2CCON2c2nc(Nc3ccc4c(c3)CNCC4)ncc2C(F)(F)F)c1. The minimum Gasteiger partial charge on any atom is -0.324 e. The van der Waals surface area contributed by atoms with Gasteiger partial charge < -0.3 is 10.6 Å². The zero-order chi connectivity index (χ0) is 23.7. The smallest absolute Gasteiger partial charge is 0.324 e. The van der Waals surface area contributed by atoms with Crippen molar-refractivity contribution < 1.29 is 18.0 Å². The van der Waals surface area contributed by atoms with Crippen molar-refractivity contribution in [3.05, 3.63) is 76.5 Å². The van der Waals surface area contributed by atoms with Gasteiger partial charge in [-0.05, 0) is 53.9 Å². The molecule has 2 aliphatic heterocycles. The van der Waals surface area contributed by atoms with E-state index in [0.717, 1.165) is 31.3 Å². The maximum atomic E-state index is 13.9. The third kappa shape index (κ3) is 4.40. The number of halogens is 3. The van der Waals surface area contributed by atoms with Crippen molar-refractivity contribution in [2.45, 2.75) is 31.6 Å². The van der Waals surface area contributed by atoms with Gasteiger partial charge in [-0.3, -0.25) is 4.84 Å². The van der Waals surface area contributed by atoms with Gasteiger partial charge >= 0.3 is 6.18 Å². The van der Waals surface area contributed by atoms with E-state index in [1.165, 1.54) is 10.6 Å². The fraction of sp³-hybridized carbons (Fsp3) is 0.292. The Morgan fingerprint density at radius 2 is 2.06 bits per heavy atom. The van der Waals surface area contributed by atoms with E-state index >= 15 is 0 Å². The Bertz CT molecular complexity index is 1260. The first kappa shape index (κ1) is 22.1. The summed E-state index contributed by atoms with van der Waals surface area (Å²) in [5, 5.41) is 16.7. The summed E-state index contributed by atoms with van der Waals surface area (Å²) in [4.78, 5) is 13.8. The molecule has 34 heavy (non-hydrogen) atoms.